The minimum Gasteiger partial charge on any atom is -0.355 e. The summed E-state index contributed by atoms with van der Waals surface area (Å²) in [7, 11) is -3.26. The fourth-order valence-electron chi connectivity index (χ4n) is 2.42. The van der Waals surface area contributed by atoms with Gasteiger partial charge in [0.25, 0.3) is 5.91 Å². The molecule has 0 bridgehead atoms. The van der Waals surface area contributed by atoms with Crippen LogP contribution in [0, 0.1) is 0 Å². The highest BCUT2D eigenvalue weighted by Gasteiger charge is 2.15. The monoisotopic (exact) mass is 404 g/mol. The van der Waals surface area contributed by atoms with E-state index in [1.165, 1.54) is 18.2 Å². The number of benzene rings is 2. The number of nitrogens with zero attached hydrogens (tertiary/aromatic N) is 1. The van der Waals surface area contributed by atoms with Crippen molar-refractivity contribution in [2.75, 3.05) is 5.75 Å². The third-order valence-electron chi connectivity index (χ3n) is 4.02. The molecular formula is C19H17ClN2O4S. The van der Waals surface area contributed by atoms with Crippen LogP contribution in [0.1, 0.15) is 23.0 Å². The van der Waals surface area contributed by atoms with Crippen LogP contribution in [-0.4, -0.2) is 25.2 Å². The predicted octanol–water partition coefficient (Wildman–Crippen LogP) is 3.72. The number of nitrogens with one attached hydrogen (secondary N) is 1. The summed E-state index contributed by atoms with van der Waals surface area (Å²) in [6, 6.07) is 15.0. The molecule has 6 nitrogen and oxygen atoms in total. The molecule has 1 aromatic heterocycles. The van der Waals surface area contributed by atoms with Gasteiger partial charge >= 0.3 is 0 Å². The molecule has 0 aliphatic carbocycles. The van der Waals surface area contributed by atoms with Crippen LogP contribution in [-0.2, 0) is 16.4 Å². The molecular weight excluding hydrogens is 388 g/mol. The molecule has 1 amide bonds. The van der Waals surface area contributed by atoms with Gasteiger partial charge < -0.3 is 9.84 Å². The van der Waals surface area contributed by atoms with E-state index in [4.69, 9.17) is 16.1 Å². The Bertz CT molecular complexity index is 1060. The smallest absolute Gasteiger partial charge is 0.273 e. The second kappa shape index (κ2) is 7.94. The van der Waals surface area contributed by atoms with Gasteiger partial charge in [-0.2, -0.15) is 0 Å². The molecule has 3 aromatic rings. The van der Waals surface area contributed by atoms with E-state index >= 15 is 0 Å². The molecule has 0 radical (unpaired) electrons. The largest absolute Gasteiger partial charge is 0.355 e. The zero-order chi connectivity index (χ0) is 19.4. The van der Waals surface area contributed by atoms with Crippen LogP contribution in [0.15, 0.2) is 64.0 Å². The molecule has 1 N–H and O–H groups in total. The molecule has 3 rings (SSSR count). The SMILES string of the molecule is CCS(=O)(=O)c1ccc(-c2cc(C(=O)NCc3ccccc3Cl)no2)cc1. The highest BCUT2D eigenvalue weighted by molar-refractivity contribution is 7.91. The van der Waals surface area contributed by atoms with Crippen molar-refractivity contribution in [3.8, 4) is 11.3 Å². The fourth-order valence-corrected chi connectivity index (χ4v) is 3.51. The Hall–Kier alpha value is -2.64. The number of sulfone groups is 1. The van der Waals surface area contributed by atoms with Crippen LogP contribution in [0.4, 0.5) is 0 Å². The van der Waals surface area contributed by atoms with Crippen molar-refractivity contribution in [1.82, 2.24) is 10.5 Å². The Morgan fingerprint density at radius 3 is 2.52 bits per heavy atom. The minimum atomic E-state index is -3.26. The molecule has 27 heavy (non-hydrogen) atoms. The highest BCUT2D eigenvalue weighted by Crippen LogP contribution is 2.23. The third-order valence-corrected chi connectivity index (χ3v) is 6.14. The van der Waals surface area contributed by atoms with Gasteiger partial charge in [0.15, 0.2) is 21.3 Å². The van der Waals surface area contributed by atoms with E-state index in [1.54, 1.807) is 25.1 Å². The van der Waals surface area contributed by atoms with E-state index in [1.807, 2.05) is 18.2 Å². The lowest BCUT2D eigenvalue weighted by Crippen LogP contribution is -2.23. The molecule has 8 heteroatoms. The molecule has 0 atom stereocenters. The molecule has 0 unspecified atom stereocenters. The number of carbonyl (C=O) groups is 1. The Morgan fingerprint density at radius 1 is 1.15 bits per heavy atom. The number of carbonyl (C=O) groups excluding carboxylic acids is 1. The summed E-state index contributed by atoms with van der Waals surface area (Å²) < 4.78 is 28.9. The normalized spacial score (nSPS) is 11.3. The lowest BCUT2D eigenvalue weighted by Gasteiger charge is -2.04. The van der Waals surface area contributed by atoms with E-state index in [2.05, 4.69) is 10.5 Å². The molecule has 1 heterocycles. The Morgan fingerprint density at radius 2 is 1.85 bits per heavy atom. The number of amides is 1. The summed E-state index contributed by atoms with van der Waals surface area (Å²) in [5.74, 6) is 0.0122. The maximum absolute atomic E-state index is 12.2. The molecule has 0 fully saturated rings. The van der Waals surface area contributed by atoms with Crippen molar-refractivity contribution < 1.29 is 17.7 Å². The molecule has 0 aliphatic rings. The molecule has 0 aliphatic heterocycles. The average Bonchev–Trinajstić information content (AvgIpc) is 3.17. The second-order valence-electron chi connectivity index (χ2n) is 5.78. The first-order chi connectivity index (χ1) is 12.9. The summed E-state index contributed by atoms with van der Waals surface area (Å²) in [5.41, 5.74) is 1.55. The van der Waals surface area contributed by atoms with Crippen molar-refractivity contribution in [3.05, 3.63) is 70.9 Å². The van der Waals surface area contributed by atoms with Gasteiger partial charge in [-0.25, -0.2) is 8.42 Å². The summed E-state index contributed by atoms with van der Waals surface area (Å²) in [5, 5.41) is 7.08. The Balaban J connectivity index is 1.71. The van der Waals surface area contributed by atoms with Crippen LogP contribution in [0.25, 0.3) is 11.3 Å². The van der Waals surface area contributed by atoms with E-state index < -0.39 is 15.7 Å². The van der Waals surface area contributed by atoms with Crippen molar-refractivity contribution in [2.45, 2.75) is 18.4 Å². The van der Waals surface area contributed by atoms with E-state index in [9.17, 15) is 13.2 Å². The zero-order valence-corrected chi connectivity index (χ0v) is 16.0. The molecule has 0 saturated heterocycles. The van der Waals surface area contributed by atoms with Crippen molar-refractivity contribution in [3.63, 3.8) is 0 Å². The zero-order valence-electron chi connectivity index (χ0n) is 14.5. The van der Waals surface area contributed by atoms with Crippen LogP contribution < -0.4 is 5.32 Å². The summed E-state index contributed by atoms with van der Waals surface area (Å²) in [4.78, 5) is 12.5. The molecule has 140 valence electrons. The number of hydrogen-bond acceptors (Lipinski definition) is 5. The maximum atomic E-state index is 12.2. The number of rotatable bonds is 6. The van der Waals surface area contributed by atoms with Gasteiger partial charge in [0.05, 0.1) is 10.6 Å². The van der Waals surface area contributed by atoms with Crippen LogP contribution >= 0.6 is 11.6 Å². The highest BCUT2D eigenvalue weighted by atomic mass is 35.5. The summed E-state index contributed by atoms with van der Waals surface area (Å²) in [6.45, 7) is 1.86. The third kappa shape index (κ3) is 4.37. The van der Waals surface area contributed by atoms with Gasteiger partial charge in [0, 0.05) is 23.2 Å². The van der Waals surface area contributed by atoms with Crippen LogP contribution in [0.2, 0.25) is 5.02 Å². The second-order valence-corrected chi connectivity index (χ2v) is 8.46. The topological polar surface area (TPSA) is 89.3 Å². The van der Waals surface area contributed by atoms with Crippen molar-refractivity contribution in [1.29, 1.82) is 0 Å². The standard InChI is InChI=1S/C19H17ClN2O4S/c1-2-27(24,25)15-9-7-13(8-10-15)18-11-17(22-26-18)19(23)21-12-14-5-3-4-6-16(14)20/h3-11H,2,12H2,1H3,(H,21,23). The van der Waals surface area contributed by atoms with Gasteiger partial charge in [-0.15, -0.1) is 0 Å². The Kier molecular flexibility index (Phi) is 5.62. The molecule has 0 saturated carbocycles. The van der Waals surface area contributed by atoms with Crippen molar-refractivity contribution in [2.24, 2.45) is 0 Å². The number of aromatic nitrogens is 1. The van der Waals surface area contributed by atoms with Crippen LogP contribution in [0.3, 0.4) is 0 Å². The van der Waals surface area contributed by atoms with Gasteiger partial charge in [-0.3, -0.25) is 4.79 Å². The Labute approximate surface area is 162 Å². The predicted molar refractivity (Wildman–Crippen MR) is 102 cm³/mol. The first-order valence-electron chi connectivity index (χ1n) is 8.22. The summed E-state index contributed by atoms with van der Waals surface area (Å²) >= 11 is 6.06. The van der Waals surface area contributed by atoms with Gasteiger partial charge in [0.1, 0.15) is 0 Å². The summed E-state index contributed by atoms with van der Waals surface area (Å²) in [6.07, 6.45) is 0. The lowest BCUT2D eigenvalue weighted by atomic mass is 10.1. The lowest BCUT2D eigenvalue weighted by molar-refractivity contribution is 0.0942. The number of hydrogen-bond donors (Lipinski definition) is 1. The molecule has 0 spiro atoms. The maximum Gasteiger partial charge on any atom is 0.273 e. The quantitative estimate of drug-likeness (QED) is 0.676. The van der Waals surface area contributed by atoms with E-state index in [0.717, 1.165) is 5.56 Å². The fraction of sp³-hybridized carbons (Fsp3) is 0.158. The number of halogens is 1. The average molecular weight is 405 g/mol. The van der Waals surface area contributed by atoms with Gasteiger partial charge in [-0.05, 0) is 35.9 Å². The van der Waals surface area contributed by atoms with Gasteiger partial charge in [-0.1, -0.05) is 41.9 Å². The molecule has 2 aromatic carbocycles. The van der Waals surface area contributed by atoms with E-state index in [0.29, 0.717) is 16.3 Å². The van der Waals surface area contributed by atoms with Crippen LogP contribution in [0.5, 0.6) is 0 Å². The first kappa shape index (κ1) is 19.1. The van der Waals surface area contributed by atoms with Gasteiger partial charge in [0.2, 0.25) is 0 Å². The van der Waals surface area contributed by atoms with E-state index in [-0.39, 0.29) is 22.9 Å². The minimum absolute atomic E-state index is 0.0321. The van der Waals surface area contributed by atoms with Crippen molar-refractivity contribution >= 4 is 27.3 Å². The first-order valence-corrected chi connectivity index (χ1v) is 10.3.